The SMILES string of the molecule is CC(=O)Oc1cc(C(=O)NN)cc(C(=O)NN)c1. The van der Waals surface area contributed by atoms with Crippen LogP contribution in [0.2, 0.25) is 0 Å². The maximum Gasteiger partial charge on any atom is 0.308 e. The number of hydrazine groups is 2. The maximum atomic E-state index is 11.4. The summed E-state index contributed by atoms with van der Waals surface area (Å²) in [6, 6.07) is 3.81. The highest BCUT2D eigenvalue weighted by Gasteiger charge is 2.13. The summed E-state index contributed by atoms with van der Waals surface area (Å²) < 4.78 is 4.80. The van der Waals surface area contributed by atoms with Crippen molar-refractivity contribution in [3.8, 4) is 5.75 Å². The Balaban J connectivity index is 3.23. The van der Waals surface area contributed by atoms with E-state index in [0.29, 0.717) is 0 Å². The molecule has 18 heavy (non-hydrogen) atoms. The molecule has 0 aliphatic rings. The highest BCUT2D eigenvalue weighted by atomic mass is 16.5. The van der Waals surface area contributed by atoms with Crippen molar-refractivity contribution in [1.29, 1.82) is 0 Å². The fraction of sp³-hybridized carbons (Fsp3) is 0.100. The first kappa shape index (κ1) is 13.6. The van der Waals surface area contributed by atoms with Crippen LogP contribution in [0.1, 0.15) is 27.6 Å². The van der Waals surface area contributed by atoms with Gasteiger partial charge in [0.25, 0.3) is 11.8 Å². The molecule has 0 atom stereocenters. The first-order valence-electron chi connectivity index (χ1n) is 4.83. The molecule has 0 saturated heterocycles. The molecule has 96 valence electrons. The Kier molecular flexibility index (Phi) is 4.35. The minimum atomic E-state index is -0.630. The van der Waals surface area contributed by atoms with E-state index in [9.17, 15) is 14.4 Å². The lowest BCUT2D eigenvalue weighted by molar-refractivity contribution is -0.131. The van der Waals surface area contributed by atoms with Crippen molar-refractivity contribution in [3.63, 3.8) is 0 Å². The number of rotatable bonds is 3. The van der Waals surface area contributed by atoms with Crippen LogP contribution in [0.3, 0.4) is 0 Å². The van der Waals surface area contributed by atoms with Gasteiger partial charge in [-0.1, -0.05) is 0 Å². The molecular formula is C10H12N4O4. The lowest BCUT2D eigenvalue weighted by atomic mass is 10.1. The minimum Gasteiger partial charge on any atom is -0.427 e. The molecule has 1 rings (SSSR count). The van der Waals surface area contributed by atoms with Gasteiger partial charge in [0.15, 0.2) is 0 Å². The van der Waals surface area contributed by atoms with E-state index in [2.05, 4.69) is 0 Å². The van der Waals surface area contributed by atoms with Crippen LogP contribution in [-0.4, -0.2) is 17.8 Å². The molecule has 6 N–H and O–H groups in total. The highest BCUT2D eigenvalue weighted by Crippen LogP contribution is 2.17. The molecule has 0 aliphatic carbocycles. The van der Waals surface area contributed by atoms with Crippen molar-refractivity contribution in [2.45, 2.75) is 6.92 Å². The van der Waals surface area contributed by atoms with Crippen molar-refractivity contribution < 1.29 is 19.1 Å². The zero-order valence-corrected chi connectivity index (χ0v) is 9.52. The molecule has 0 radical (unpaired) electrons. The number of nitrogen functional groups attached to an aromatic ring is 2. The number of carbonyl (C=O) groups is 3. The van der Waals surface area contributed by atoms with Gasteiger partial charge >= 0.3 is 5.97 Å². The summed E-state index contributed by atoms with van der Waals surface area (Å²) >= 11 is 0. The lowest BCUT2D eigenvalue weighted by Gasteiger charge is -2.07. The van der Waals surface area contributed by atoms with Crippen LogP contribution in [0.25, 0.3) is 0 Å². The Morgan fingerprint density at radius 2 is 1.44 bits per heavy atom. The maximum absolute atomic E-state index is 11.4. The predicted molar refractivity (Wildman–Crippen MR) is 61.1 cm³/mol. The van der Waals surface area contributed by atoms with Gasteiger partial charge in [0, 0.05) is 18.1 Å². The third-order valence-electron chi connectivity index (χ3n) is 1.95. The number of amides is 2. The summed E-state index contributed by atoms with van der Waals surface area (Å²) in [5, 5.41) is 0. The average Bonchev–Trinajstić information content (AvgIpc) is 2.35. The summed E-state index contributed by atoms with van der Waals surface area (Å²) in [5.74, 6) is 8.16. The number of carbonyl (C=O) groups excluding carboxylic acids is 3. The molecule has 8 nitrogen and oxygen atoms in total. The van der Waals surface area contributed by atoms with Crippen molar-refractivity contribution in [2.24, 2.45) is 11.7 Å². The molecule has 1 aromatic rings. The summed E-state index contributed by atoms with van der Waals surface area (Å²) in [4.78, 5) is 33.6. The van der Waals surface area contributed by atoms with Crippen molar-refractivity contribution >= 4 is 17.8 Å². The average molecular weight is 252 g/mol. The Bertz CT molecular complexity index is 466. The number of nitrogens with two attached hydrogens (primary N) is 2. The fourth-order valence-electron chi connectivity index (χ4n) is 1.25. The molecule has 0 aromatic heterocycles. The van der Waals surface area contributed by atoms with Crippen molar-refractivity contribution in [2.75, 3.05) is 0 Å². The zero-order valence-electron chi connectivity index (χ0n) is 9.52. The van der Waals surface area contributed by atoms with Gasteiger partial charge in [0.05, 0.1) is 0 Å². The van der Waals surface area contributed by atoms with Gasteiger partial charge < -0.3 is 4.74 Å². The van der Waals surface area contributed by atoms with Gasteiger partial charge in [-0.05, 0) is 18.2 Å². The molecule has 0 spiro atoms. The first-order chi connectivity index (χ1) is 8.47. The Hall–Kier alpha value is -2.45. The highest BCUT2D eigenvalue weighted by molar-refractivity contribution is 6.00. The van der Waals surface area contributed by atoms with Crippen LogP contribution < -0.4 is 27.3 Å². The smallest absolute Gasteiger partial charge is 0.308 e. The van der Waals surface area contributed by atoms with E-state index in [1.807, 2.05) is 10.9 Å². The molecule has 8 heteroatoms. The van der Waals surface area contributed by atoms with Gasteiger partial charge in [-0.25, -0.2) is 11.7 Å². The summed E-state index contributed by atoms with van der Waals surface area (Å²) in [6.45, 7) is 1.19. The quantitative estimate of drug-likeness (QED) is 0.176. The standard InChI is InChI=1S/C10H12N4O4/c1-5(15)18-8-3-6(9(16)13-11)2-7(4-8)10(17)14-12/h2-4H,11-12H2,1H3,(H,13,16)(H,14,17). The molecule has 0 aliphatic heterocycles. The third kappa shape index (κ3) is 3.27. The summed E-state index contributed by atoms with van der Waals surface area (Å²) in [5.41, 5.74) is 3.94. The Labute approximate surface area is 102 Å². The topological polar surface area (TPSA) is 137 Å². The Morgan fingerprint density at radius 3 is 1.78 bits per heavy atom. The first-order valence-corrected chi connectivity index (χ1v) is 4.83. The van der Waals surface area contributed by atoms with Gasteiger partial charge in [-0.2, -0.15) is 0 Å². The third-order valence-corrected chi connectivity index (χ3v) is 1.95. The van der Waals surface area contributed by atoms with E-state index in [-0.39, 0.29) is 16.9 Å². The molecule has 0 unspecified atom stereocenters. The van der Waals surface area contributed by atoms with Gasteiger partial charge in [-0.15, -0.1) is 0 Å². The monoisotopic (exact) mass is 252 g/mol. The number of ether oxygens (including phenoxy) is 1. The second-order valence-corrected chi connectivity index (χ2v) is 3.29. The van der Waals surface area contributed by atoms with E-state index in [1.165, 1.54) is 25.1 Å². The predicted octanol–water partition coefficient (Wildman–Crippen LogP) is -1.18. The molecule has 0 heterocycles. The molecular weight excluding hydrogens is 240 g/mol. The molecule has 0 fully saturated rings. The lowest BCUT2D eigenvalue weighted by Crippen LogP contribution is -2.32. The number of hydrogen-bond acceptors (Lipinski definition) is 6. The van der Waals surface area contributed by atoms with Gasteiger partial charge in [-0.3, -0.25) is 25.2 Å². The van der Waals surface area contributed by atoms with Crippen LogP contribution in [0, 0.1) is 0 Å². The number of hydrogen-bond donors (Lipinski definition) is 4. The number of esters is 1. The Morgan fingerprint density at radius 1 is 1.00 bits per heavy atom. The second kappa shape index (κ2) is 5.75. The number of nitrogens with one attached hydrogen (secondary N) is 2. The van der Waals surface area contributed by atoms with Gasteiger partial charge in [0.2, 0.25) is 0 Å². The van der Waals surface area contributed by atoms with E-state index < -0.39 is 17.8 Å². The zero-order chi connectivity index (χ0) is 13.7. The van der Waals surface area contributed by atoms with E-state index >= 15 is 0 Å². The molecule has 1 aromatic carbocycles. The van der Waals surface area contributed by atoms with Crippen molar-refractivity contribution in [1.82, 2.24) is 10.9 Å². The normalized spacial score (nSPS) is 9.50. The van der Waals surface area contributed by atoms with Crippen LogP contribution in [-0.2, 0) is 4.79 Å². The van der Waals surface area contributed by atoms with Crippen molar-refractivity contribution in [3.05, 3.63) is 29.3 Å². The van der Waals surface area contributed by atoms with E-state index in [0.717, 1.165) is 0 Å². The molecule has 0 bridgehead atoms. The van der Waals surface area contributed by atoms with E-state index in [4.69, 9.17) is 16.4 Å². The largest absolute Gasteiger partial charge is 0.427 e. The fourth-order valence-corrected chi connectivity index (χ4v) is 1.25. The summed E-state index contributed by atoms with van der Waals surface area (Å²) in [7, 11) is 0. The summed E-state index contributed by atoms with van der Waals surface area (Å²) in [6.07, 6.45) is 0. The number of benzene rings is 1. The van der Waals surface area contributed by atoms with Crippen LogP contribution in [0.15, 0.2) is 18.2 Å². The van der Waals surface area contributed by atoms with E-state index in [1.54, 1.807) is 0 Å². The van der Waals surface area contributed by atoms with Crippen LogP contribution in [0.5, 0.6) is 5.75 Å². The minimum absolute atomic E-state index is 0.0437. The van der Waals surface area contributed by atoms with Crippen LogP contribution in [0.4, 0.5) is 0 Å². The molecule has 2 amide bonds. The van der Waals surface area contributed by atoms with Crippen LogP contribution >= 0.6 is 0 Å². The second-order valence-electron chi connectivity index (χ2n) is 3.29. The molecule has 0 saturated carbocycles. The van der Waals surface area contributed by atoms with Gasteiger partial charge in [0.1, 0.15) is 5.75 Å².